The molecule has 2 heterocycles. The van der Waals surface area contributed by atoms with Crippen LogP contribution in [0.4, 0.5) is 0 Å². The van der Waals surface area contributed by atoms with Crippen molar-refractivity contribution in [1.82, 2.24) is 9.13 Å². The monoisotopic (exact) mass is 919 g/mol. The minimum atomic E-state index is 0.376. The van der Waals surface area contributed by atoms with Gasteiger partial charge in [0, 0.05) is 21.5 Å². The van der Waals surface area contributed by atoms with Gasteiger partial charge in [-0.25, -0.2) is 0 Å². The first-order valence-corrected chi connectivity index (χ1v) is 24.1. The van der Waals surface area contributed by atoms with E-state index in [2.05, 4.69) is 237 Å². The highest BCUT2D eigenvalue weighted by Gasteiger charge is 2.24. The minimum absolute atomic E-state index is 0.376. The van der Waals surface area contributed by atoms with Gasteiger partial charge in [-0.1, -0.05) is 168 Å². The van der Waals surface area contributed by atoms with E-state index in [1.165, 1.54) is 22.3 Å². The number of rotatable bonds is 7. The highest BCUT2D eigenvalue weighted by Crippen LogP contribution is 2.44. The first-order chi connectivity index (χ1) is 35.1. The number of aryl methyl sites for hydroxylation is 4. The normalized spacial score (nSPS) is 11.3. The van der Waals surface area contributed by atoms with Crippen LogP contribution in [0, 0.1) is 61.7 Å². The Morgan fingerprint density at radius 3 is 0.847 bits per heavy atom. The number of nitrogens with zero attached hydrogens (tertiary/aromatic N) is 5. The van der Waals surface area contributed by atoms with E-state index in [0.29, 0.717) is 33.6 Å². The molecule has 5 heteroatoms. The second-order valence-electron chi connectivity index (χ2n) is 19.1. The quantitative estimate of drug-likeness (QED) is 0.160. The van der Waals surface area contributed by atoms with Crippen LogP contribution in [0.1, 0.15) is 38.9 Å². The lowest BCUT2D eigenvalue weighted by molar-refractivity contribution is 1.12. The van der Waals surface area contributed by atoms with Gasteiger partial charge in [-0.3, -0.25) is 0 Å². The minimum Gasteiger partial charge on any atom is -0.308 e. The highest BCUT2D eigenvalue weighted by molar-refractivity contribution is 6.13. The predicted molar refractivity (Wildman–Crippen MR) is 295 cm³/mol. The summed E-state index contributed by atoms with van der Waals surface area (Å²) in [5, 5.41) is 36.9. The standard InChI is InChI=1S/C67H45N5/c1-41-9-5-13-47(25-41)51-17-21-57-58-22-18-52(48-14-6-10-42(2)26-48)33-63(58)71(62(57)32-51)66-36-56(55-30-45(38-68)29-46(31-55)39-69)37-67(61(66)40-70)72-64-34-53(49-15-7-11-43(3)27-49)19-23-59(64)60-24-20-54(35-65(60)72)50-16-8-12-44(4)28-50/h5-37H,1-4H3. The number of hydrogen-bond acceptors (Lipinski definition) is 3. The molecule has 0 aliphatic carbocycles. The molecule has 0 aliphatic heterocycles. The largest absolute Gasteiger partial charge is 0.308 e. The van der Waals surface area contributed by atoms with E-state index in [4.69, 9.17) is 0 Å². The number of benzene rings is 10. The summed E-state index contributed by atoms with van der Waals surface area (Å²) >= 11 is 0. The molecule has 0 aliphatic rings. The predicted octanol–water partition coefficient (Wildman–Crippen LogP) is 17.1. The van der Waals surface area contributed by atoms with Crippen LogP contribution in [0.2, 0.25) is 0 Å². The molecule has 0 bridgehead atoms. The molecule has 0 spiro atoms. The zero-order chi connectivity index (χ0) is 49.2. The second-order valence-corrected chi connectivity index (χ2v) is 19.1. The van der Waals surface area contributed by atoms with Crippen LogP contribution in [-0.4, -0.2) is 9.13 Å². The average Bonchev–Trinajstić information content (AvgIpc) is 3.91. The second kappa shape index (κ2) is 17.3. The maximum atomic E-state index is 12.0. The molecule has 10 aromatic carbocycles. The van der Waals surface area contributed by atoms with Gasteiger partial charge in [-0.15, -0.1) is 0 Å². The van der Waals surface area contributed by atoms with E-state index >= 15 is 0 Å². The van der Waals surface area contributed by atoms with E-state index in [1.54, 1.807) is 6.07 Å². The summed E-state index contributed by atoms with van der Waals surface area (Å²) in [6, 6.07) is 77.6. The first-order valence-electron chi connectivity index (χ1n) is 24.1. The van der Waals surface area contributed by atoms with Crippen LogP contribution in [-0.2, 0) is 0 Å². The lowest BCUT2D eigenvalue weighted by Gasteiger charge is -2.19. The topological polar surface area (TPSA) is 81.2 Å². The van der Waals surface area contributed by atoms with E-state index < -0.39 is 0 Å². The SMILES string of the molecule is Cc1cccc(-c2ccc3c4ccc(-c5cccc(C)c5)cc4n(-c4cc(-c5cc(C#N)cc(C#N)c5)cc(-n5c6cc(-c7cccc(C)c7)ccc6c6ccc(-c7cccc(C)c7)cc65)c4C#N)c3c2)c1. The fraction of sp³-hybridized carbons (Fsp3) is 0.0597. The molecule has 0 radical (unpaired) electrons. The Morgan fingerprint density at radius 2 is 0.569 bits per heavy atom. The van der Waals surface area contributed by atoms with E-state index in [0.717, 1.165) is 93.7 Å². The van der Waals surface area contributed by atoms with Crippen LogP contribution in [0.5, 0.6) is 0 Å². The summed E-state index contributed by atoms with van der Waals surface area (Å²) in [6.07, 6.45) is 0. The van der Waals surface area contributed by atoms with Gasteiger partial charge in [-0.2, -0.15) is 15.8 Å². The molecule has 0 saturated carbocycles. The molecule has 0 atom stereocenters. The molecular formula is C67H45N5. The van der Waals surface area contributed by atoms with Gasteiger partial charge < -0.3 is 9.13 Å². The molecule has 0 saturated heterocycles. The van der Waals surface area contributed by atoms with Gasteiger partial charge in [-0.05, 0) is 138 Å². The van der Waals surface area contributed by atoms with Gasteiger partial charge >= 0.3 is 0 Å². The Balaban J connectivity index is 1.25. The number of nitriles is 3. The van der Waals surface area contributed by atoms with Crippen LogP contribution in [0.25, 0.3) is 111 Å². The summed E-state index contributed by atoms with van der Waals surface area (Å²) in [6.45, 7) is 8.44. The summed E-state index contributed by atoms with van der Waals surface area (Å²) < 4.78 is 4.52. The van der Waals surface area contributed by atoms with Crippen molar-refractivity contribution in [2.24, 2.45) is 0 Å². The van der Waals surface area contributed by atoms with Crippen molar-refractivity contribution >= 4 is 43.6 Å². The lowest BCUT2D eigenvalue weighted by atomic mass is 9.96. The van der Waals surface area contributed by atoms with Crippen molar-refractivity contribution in [2.45, 2.75) is 27.7 Å². The number of aromatic nitrogens is 2. The van der Waals surface area contributed by atoms with Crippen LogP contribution >= 0.6 is 0 Å². The lowest BCUT2D eigenvalue weighted by Crippen LogP contribution is -2.05. The third-order valence-electron chi connectivity index (χ3n) is 14.2. The van der Waals surface area contributed by atoms with Crippen LogP contribution in [0.3, 0.4) is 0 Å². The van der Waals surface area contributed by atoms with E-state index in [9.17, 15) is 15.8 Å². The zero-order valence-electron chi connectivity index (χ0n) is 40.3. The molecule has 2 aromatic heterocycles. The fourth-order valence-electron chi connectivity index (χ4n) is 10.7. The van der Waals surface area contributed by atoms with Crippen LogP contribution in [0.15, 0.2) is 200 Å². The summed E-state index contributed by atoms with van der Waals surface area (Å²) in [5.74, 6) is 0. The van der Waals surface area contributed by atoms with Crippen molar-refractivity contribution < 1.29 is 0 Å². The Kier molecular flexibility index (Phi) is 10.5. The average molecular weight is 920 g/mol. The molecule has 338 valence electrons. The molecular weight excluding hydrogens is 875 g/mol. The number of fused-ring (bicyclic) bond motifs is 6. The molecule has 0 unspecified atom stereocenters. The summed E-state index contributed by atoms with van der Waals surface area (Å²) in [4.78, 5) is 0. The van der Waals surface area contributed by atoms with Gasteiger partial charge in [0.2, 0.25) is 0 Å². The molecule has 0 amide bonds. The highest BCUT2D eigenvalue weighted by atomic mass is 15.0. The zero-order valence-corrected chi connectivity index (χ0v) is 40.3. The third-order valence-corrected chi connectivity index (χ3v) is 14.2. The van der Waals surface area contributed by atoms with Crippen molar-refractivity contribution in [3.8, 4) is 85.2 Å². The van der Waals surface area contributed by atoms with Crippen molar-refractivity contribution in [3.05, 3.63) is 239 Å². The van der Waals surface area contributed by atoms with Gasteiger partial charge in [0.1, 0.15) is 11.6 Å². The van der Waals surface area contributed by atoms with Gasteiger partial charge in [0.15, 0.2) is 0 Å². The van der Waals surface area contributed by atoms with Gasteiger partial charge in [0.25, 0.3) is 0 Å². The van der Waals surface area contributed by atoms with Crippen molar-refractivity contribution in [3.63, 3.8) is 0 Å². The summed E-state index contributed by atoms with van der Waals surface area (Å²) in [7, 11) is 0. The molecule has 72 heavy (non-hydrogen) atoms. The molecule has 0 fully saturated rings. The fourth-order valence-corrected chi connectivity index (χ4v) is 10.7. The molecule has 0 N–H and O–H groups in total. The Hall–Kier alpha value is -9.73. The van der Waals surface area contributed by atoms with Crippen LogP contribution < -0.4 is 0 Å². The van der Waals surface area contributed by atoms with Crippen molar-refractivity contribution in [1.29, 1.82) is 15.8 Å². The van der Waals surface area contributed by atoms with E-state index in [-0.39, 0.29) is 0 Å². The van der Waals surface area contributed by atoms with Crippen molar-refractivity contribution in [2.75, 3.05) is 0 Å². The maximum Gasteiger partial charge on any atom is 0.104 e. The Labute approximate surface area is 418 Å². The smallest absolute Gasteiger partial charge is 0.104 e. The summed E-state index contributed by atoms with van der Waals surface area (Å²) in [5.41, 5.74) is 21.1. The third kappa shape index (κ3) is 7.48. The molecule has 5 nitrogen and oxygen atoms in total. The molecule has 12 aromatic rings. The number of hydrogen-bond donors (Lipinski definition) is 0. The van der Waals surface area contributed by atoms with E-state index in [1.807, 2.05) is 12.1 Å². The molecule has 12 rings (SSSR count). The Morgan fingerprint density at radius 1 is 0.278 bits per heavy atom. The Bertz CT molecular complexity index is 3900. The van der Waals surface area contributed by atoms with Gasteiger partial charge in [0.05, 0.1) is 56.7 Å². The first kappa shape index (κ1) is 43.5. The maximum absolute atomic E-state index is 12.0.